The summed E-state index contributed by atoms with van der Waals surface area (Å²) in [4.78, 5) is 13.1. The second kappa shape index (κ2) is 11.3. The maximum atomic E-state index is 7.30. The Balaban J connectivity index is 1.26. The van der Waals surface area contributed by atoms with E-state index in [9.17, 15) is 0 Å². The summed E-state index contributed by atoms with van der Waals surface area (Å²) >= 11 is 0. The second-order valence-electron chi connectivity index (χ2n) is 15.0. The van der Waals surface area contributed by atoms with Crippen molar-refractivity contribution in [3.8, 4) is 56.9 Å². The molecule has 8 aromatic rings. The Hall–Kier alpha value is -6.85. The van der Waals surface area contributed by atoms with Gasteiger partial charge in [-0.2, -0.15) is 0 Å². The molecule has 0 saturated heterocycles. The van der Waals surface area contributed by atoms with Gasteiger partial charge in [-0.1, -0.05) is 121 Å². The van der Waals surface area contributed by atoms with Gasteiger partial charge in [-0.25, -0.2) is 9.97 Å². The van der Waals surface area contributed by atoms with Gasteiger partial charge in [0.1, 0.15) is 23.0 Å². The summed E-state index contributed by atoms with van der Waals surface area (Å²) < 4.78 is 14.6. The minimum atomic E-state index is -0.0693. The molecule has 4 aliphatic rings. The van der Waals surface area contributed by atoms with E-state index < -0.39 is 0 Å². The number of benzene rings is 7. The highest BCUT2D eigenvalue weighted by Gasteiger charge is 2.52. The molecule has 0 fully saturated rings. The average molecular weight is 703 g/mol. The van der Waals surface area contributed by atoms with Crippen LogP contribution in [0.25, 0.3) is 33.9 Å². The summed E-state index contributed by atoms with van der Waals surface area (Å²) in [6.07, 6.45) is 0. The first kappa shape index (κ1) is 30.6. The second-order valence-corrected chi connectivity index (χ2v) is 15.0. The Morgan fingerprint density at radius 1 is 0.473 bits per heavy atom. The molecule has 0 unspecified atom stereocenters. The molecule has 0 N–H and O–H groups in total. The van der Waals surface area contributed by atoms with Crippen molar-refractivity contribution in [1.82, 2.24) is 9.97 Å². The van der Waals surface area contributed by atoms with Crippen LogP contribution in [0, 0.1) is 13.8 Å². The molecule has 5 heterocycles. The van der Waals surface area contributed by atoms with Crippen LogP contribution in [0.2, 0.25) is 0 Å². The molecule has 0 amide bonds. The van der Waals surface area contributed by atoms with Crippen molar-refractivity contribution in [2.24, 2.45) is 0 Å². The van der Waals surface area contributed by atoms with E-state index in [1.165, 1.54) is 22.3 Å². The molecular weight excluding hydrogens is 672 g/mol. The minimum absolute atomic E-state index is 0.0693. The number of aryl methyl sites for hydroxylation is 2. The van der Waals surface area contributed by atoms with Gasteiger partial charge in [0, 0.05) is 28.2 Å². The quantitative estimate of drug-likeness (QED) is 0.179. The van der Waals surface area contributed by atoms with Crippen molar-refractivity contribution in [1.29, 1.82) is 0 Å². The maximum absolute atomic E-state index is 7.30. The van der Waals surface area contributed by atoms with Crippen molar-refractivity contribution in [3.63, 3.8) is 0 Å². The fourth-order valence-electron chi connectivity index (χ4n) is 9.36. The molecule has 0 atom stereocenters. The molecular formula is C48H31B2N3O2. The maximum Gasteiger partial charge on any atom is 0.256 e. The van der Waals surface area contributed by atoms with Gasteiger partial charge in [0.05, 0.1) is 17.0 Å². The zero-order chi connectivity index (χ0) is 36.4. The Kier molecular flexibility index (Phi) is 6.30. The molecule has 55 heavy (non-hydrogen) atoms. The van der Waals surface area contributed by atoms with Crippen LogP contribution in [0.5, 0.6) is 23.0 Å². The lowest BCUT2D eigenvalue weighted by atomic mass is 9.29. The lowest BCUT2D eigenvalue weighted by Gasteiger charge is -2.47. The summed E-state index contributed by atoms with van der Waals surface area (Å²) in [5, 5.41) is 0. The zero-order valence-electron chi connectivity index (χ0n) is 30.2. The molecule has 0 saturated carbocycles. The highest BCUT2D eigenvalue weighted by Crippen LogP contribution is 2.51. The SMILES string of the molecule is Cc1ccc2c(c1)Oc1c3c4c5c(c1-c1cc(-c6ccccc6)nc(-c6ccccc6)n1)Oc1cc(C)ccc1B5c1ccccc1N4c1ccccc1B23. The van der Waals surface area contributed by atoms with Gasteiger partial charge >= 0.3 is 0 Å². The summed E-state index contributed by atoms with van der Waals surface area (Å²) in [5.74, 6) is 3.92. The van der Waals surface area contributed by atoms with Gasteiger partial charge in [-0.3, -0.25) is 0 Å². The zero-order valence-corrected chi connectivity index (χ0v) is 30.2. The van der Waals surface area contributed by atoms with Crippen molar-refractivity contribution in [2.75, 3.05) is 4.90 Å². The molecule has 5 nitrogen and oxygen atoms in total. The molecule has 1 aromatic heterocycles. The number of hydrogen-bond acceptors (Lipinski definition) is 5. The van der Waals surface area contributed by atoms with Gasteiger partial charge in [0.15, 0.2) is 5.82 Å². The molecule has 0 bridgehead atoms. The van der Waals surface area contributed by atoms with E-state index in [-0.39, 0.29) is 13.4 Å². The van der Waals surface area contributed by atoms with Crippen LogP contribution >= 0.6 is 0 Å². The van der Waals surface area contributed by atoms with Crippen LogP contribution in [0.15, 0.2) is 152 Å². The number of nitrogens with zero attached hydrogens (tertiary/aromatic N) is 3. The number of aromatic nitrogens is 2. The topological polar surface area (TPSA) is 47.5 Å². The molecule has 0 spiro atoms. The predicted octanol–water partition coefficient (Wildman–Crippen LogP) is 7.43. The Morgan fingerprint density at radius 3 is 1.53 bits per heavy atom. The van der Waals surface area contributed by atoms with Crippen LogP contribution in [0.1, 0.15) is 11.1 Å². The molecule has 0 radical (unpaired) electrons. The first-order valence-electron chi connectivity index (χ1n) is 18.9. The van der Waals surface area contributed by atoms with Crippen LogP contribution in [0.3, 0.4) is 0 Å². The van der Waals surface area contributed by atoms with E-state index in [1.54, 1.807) is 0 Å². The Bertz CT molecular complexity index is 2740. The normalized spacial score (nSPS) is 13.5. The van der Waals surface area contributed by atoms with Crippen LogP contribution in [0.4, 0.5) is 17.1 Å². The smallest absolute Gasteiger partial charge is 0.256 e. The number of hydrogen-bond donors (Lipinski definition) is 0. The standard InChI is InChI=1S/C48H31B2N3O2/c1-28-21-23-34-40(25-28)54-46-42(37-27-36(30-13-5-3-6-14-30)51-48(52-37)31-15-7-4-8-16-31)47-44-45-43(46)49(34)32-17-9-11-19-38(32)53(45)39-20-12-10-18-33(39)50(44)35-24-22-29(2)26-41(35)55-47/h3-27H,1-2H3. The first-order valence-corrected chi connectivity index (χ1v) is 18.9. The largest absolute Gasteiger partial charge is 0.457 e. The minimum Gasteiger partial charge on any atom is -0.457 e. The van der Waals surface area contributed by atoms with Gasteiger partial charge in [0.25, 0.3) is 13.4 Å². The Morgan fingerprint density at radius 2 is 0.964 bits per heavy atom. The third-order valence-electron chi connectivity index (χ3n) is 11.7. The van der Waals surface area contributed by atoms with Gasteiger partial charge in [0.2, 0.25) is 0 Å². The van der Waals surface area contributed by atoms with Gasteiger partial charge in [-0.05, 0) is 88.1 Å². The number of rotatable bonds is 3. The molecule has 7 aromatic carbocycles. The first-order chi connectivity index (χ1) is 27.1. The van der Waals surface area contributed by atoms with Crippen LogP contribution in [-0.2, 0) is 0 Å². The van der Waals surface area contributed by atoms with Crippen molar-refractivity contribution in [2.45, 2.75) is 13.8 Å². The van der Waals surface area contributed by atoms with Crippen molar-refractivity contribution in [3.05, 3.63) is 163 Å². The van der Waals surface area contributed by atoms with Crippen LogP contribution in [-0.4, -0.2) is 23.4 Å². The van der Waals surface area contributed by atoms with Crippen molar-refractivity contribution >= 4 is 63.3 Å². The Labute approximate surface area is 320 Å². The lowest BCUT2D eigenvalue weighted by Crippen LogP contribution is -2.67. The molecule has 7 heteroatoms. The van der Waals surface area contributed by atoms with Gasteiger partial charge in [-0.15, -0.1) is 0 Å². The fraction of sp³-hybridized carbons (Fsp3) is 0.0417. The molecule has 4 aliphatic heterocycles. The number of anilines is 3. The van der Waals surface area contributed by atoms with E-state index in [1.807, 2.05) is 24.3 Å². The van der Waals surface area contributed by atoms with E-state index in [2.05, 4.69) is 146 Å². The monoisotopic (exact) mass is 703 g/mol. The number of ether oxygens (including phenoxy) is 2. The van der Waals surface area contributed by atoms with E-state index in [0.29, 0.717) is 5.82 Å². The predicted molar refractivity (Wildman–Crippen MR) is 225 cm³/mol. The third kappa shape index (κ3) is 4.32. The summed E-state index contributed by atoms with van der Waals surface area (Å²) in [5.41, 5.74) is 17.3. The number of fused-ring (bicyclic) bond motifs is 10. The van der Waals surface area contributed by atoms with Crippen molar-refractivity contribution < 1.29 is 9.47 Å². The summed E-state index contributed by atoms with van der Waals surface area (Å²) in [6.45, 7) is 4.11. The molecule has 0 aliphatic carbocycles. The van der Waals surface area contributed by atoms with E-state index in [4.69, 9.17) is 19.4 Å². The summed E-state index contributed by atoms with van der Waals surface area (Å²) in [6, 6.07) is 53.7. The van der Waals surface area contributed by atoms with E-state index >= 15 is 0 Å². The highest BCUT2D eigenvalue weighted by atomic mass is 16.5. The number of para-hydroxylation sites is 2. The highest BCUT2D eigenvalue weighted by molar-refractivity contribution is 7.03. The molecule has 12 rings (SSSR count). The summed E-state index contributed by atoms with van der Waals surface area (Å²) in [7, 11) is 0. The van der Waals surface area contributed by atoms with Crippen LogP contribution < -0.4 is 47.2 Å². The van der Waals surface area contributed by atoms with Gasteiger partial charge < -0.3 is 14.4 Å². The lowest BCUT2D eigenvalue weighted by molar-refractivity contribution is 0.468. The third-order valence-corrected chi connectivity index (χ3v) is 11.7. The van der Waals surface area contributed by atoms with E-state index in [0.717, 1.165) is 89.7 Å². The molecule has 256 valence electrons. The average Bonchev–Trinajstić information content (AvgIpc) is 3.23. The fourth-order valence-corrected chi connectivity index (χ4v) is 9.36.